The first-order valence-electron chi connectivity index (χ1n) is 11.2. The van der Waals surface area contributed by atoms with Crippen LogP contribution in [0.4, 0.5) is 0 Å². The van der Waals surface area contributed by atoms with Crippen molar-refractivity contribution < 1.29 is 14.4 Å². The monoisotopic (exact) mass is 514 g/mol. The number of rotatable bonds is 2. The van der Waals surface area contributed by atoms with Gasteiger partial charge in [0.25, 0.3) is 0 Å². The van der Waals surface area contributed by atoms with Crippen molar-refractivity contribution in [3.05, 3.63) is 93.6 Å². The summed E-state index contributed by atoms with van der Waals surface area (Å²) in [6, 6.07) is 15.0. The SMILES string of the molecule is CC(C)(C)C(=O)[C@H]1[C@H](c2ccc(Br)cc2)C2(C(=O)c3ccccc3C2=O)[C@H]2C=CC(C#N)=CN12. The first kappa shape index (κ1) is 22.5. The molecule has 3 atom stereocenters. The summed E-state index contributed by atoms with van der Waals surface area (Å²) < 4.78 is 0.860. The molecule has 0 saturated carbocycles. The maximum Gasteiger partial charge on any atom is 0.180 e. The molecule has 1 spiro atoms. The van der Waals surface area contributed by atoms with Crippen LogP contribution in [-0.4, -0.2) is 34.3 Å². The largest absolute Gasteiger partial charge is 0.358 e. The number of fused-ring (bicyclic) bond motifs is 3. The average Bonchev–Trinajstić information content (AvgIpc) is 3.24. The highest BCUT2D eigenvalue weighted by Crippen LogP contribution is 2.60. The molecule has 3 aliphatic rings. The van der Waals surface area contributed by atoms with Gasteiger partial charge in [0.1, 0.15) is 11.5 Å². The van der Waals surface area contributed by atoms with E-state index in [9.17, 15) is 19.6 Å². The lowest BCUT2D eigenvalue weighted by molar-refractivity contribution is -0.130. The number of carbonyl (C=O) groups is 3. The van der Waals surface area contributed by atoms with Gasteiger partial charge in [-0.3, -0.25) is 14.4 Å². The number of hydrogen-bond acceptors (Lipinski definition) is 5. The Balaban J connectivity index is 1.84. The summed E-state index contributed by atoms with van der Waals surface area (Å²) in [6.45, 7) is 5.53. The highest BCUT2D eigenvalue weighted by atomic mass is 79.9. The molecular formula is C28H23BrN2O3. The molecule has 2 heterocycles. The molecule has 170 valence electrons. The van der Waals surface area contributed by atoms with Gasteiger partial charge in [0.05, 0.1) is 17.7 Å². The van der Waals surface area contributed by atoms with Crippen LogP contribution >= 0.6 is 15.9 Å². The van der Waals surface area contributed by atoms with E-state index in [1.807, 2.05) is 45.0 Å². The number of benzene rings is 2. The highest BCUT2D eigenvalue weighted by molar-refractivity contribution is 9.10. The van der Waals surface area contributed by atoms with Gasteiger partial charge in [-0.25, -0.2) is 0 Å². The average molecular weight is 515 g/mol. The zero-order valence-electron chi connectivity index (χ0n) is 19.1. The van der Waals surface area contributed by atoms with Crippen LogP contribution in [0.1, 0.15) is 53.0 Å². The zero-order valence-corrected chi connectivity index (χ0v) is 20.7. The second-order valence-corrected chi connectivity index (χ2v) is 11.0. The number of ketones is 3. The summed E-state index contributed by atoms with van der Waals surface area (Å²) >= 11 is 3.46. The lowest BCUT2D eigenvalue weighted by atomic mass is 9.63. The second kappa shape index (κ2) is 7.61. The van der Waals surface area contributed by atoms with Gasteiger partial charge in [0.2, 0.25) is 0 Å². The topological polar surface area (TPSA) is 78.2 Å². The Bertz CT molecular complexity index is 1310. The molecule has 6 heteroatoms. The Morgan fingerprint density at radius 1 is 1.03 bits per heavy atom. The fourth-order valence-electron chi connectivity index (χ4n) is 5.71. The number of nitrogens with zero attached hydrogens (tertiary/aromatic N) is 2. The van der Waals surface area contributed by atoms with Crippen LogP contribution in [0.3, 0.4) is 0 Å². The van der Waals surface area contributed by atoms with E-state index in [-0.39, 0.29) is 17.3 Å². The summed E-state index contributed by atoms with van der Waals surface area (Å²) in [5, 5.41) is 9.59. The van der Waals surface area contributed by atoms with Gasteiger partial charge in [-0.2, -0.15) is 5.26 Å². The lowest BCUT2D eigenvalue weighted by Crippen LogP contribution is -2.47. The van der Waals surface area contributed by atoms with E-state index in [0.717, 1.165) is 10.0 Å². The minimum Gasteiger partial charge on any atom is -0.358 e. The molecule has 2 aliphatic heterocycles. The molecule has 0 aromatic heterocycles. The minimum absolute atomic E-state index is 0.0808. The predicted molar refractivity (Wildman–Crippen MR) is 131 cm³/mol. The third-order valence-electron chi connectivity index (χ3n) is 7.20. The number of halogens is 1. The van der Waals surface area contributed by atoms with Crippen LogP contribution in [0.25, 0.3) is 0 Å². The Labute approximate surface area is 206 Å². The first-order valence-corrected chi connectivity index (χ1v) is 12.0. The highest BCUT2D eigenvalue weighted by Gasteiger charge is 2.71. The maximum atomic E-state index is 14.2. The summed E-state index contributed by atoms with van der Waals surface area (Å²) in [4.78, 5) is 44.2. The molecule has 0 unspecified atom stereocenters. The maximum absolute atomic E-state index is 14.2. The number of allylic oxidation sites excluding steroid dienone is 2. The van der Waals surface area contributed by atoms with Crippen LogP contribution in [-0.2, 0) is 4.79 Å². The van der Waals surface area contributed by atoms with E-state index in [0.29, 0.717) is 16.7 Å². The van der Waals surface area contributed by atoms with Gasteiger partial charge >= 0.3 is 0 Å². The number of Topliss-reactive ketones (excluding diaryl/α,β-unsaturated/α-hetero) is 3. The van der Waals surface area contributed by atoms with Gasteiger partial charge in [-0.05, 0) is 23.8 Å². The van der Waals surface area contributed by atoms with Gasteiger partial charge < -0.3 is 4.90 Å². The first-order chi connectivity index (χ1) is 16.1. The zero-order chi connectivity index (χ0) is 24.4. The lowest BCUT2D eigenvalue weighted by Gasteiger charge is -2.34. The molecule has 34 heavy (non-hydrogen) atoms. The molecule has 0 radical (unpaired) electrons. The molecule has 1 saturated heterocycles. The normalized spacial score (nSPS) is 24.6. The fourth-order valence-corrected chi connectivity index (χ4v) is 5.98. The van der Waals surface area contributed by atoms with E-state index in [1.165, 1.54) is 0 Å². The third kappa shape index (κ3) is 2.93. The van der Waals surface area contributed by atoms with Gasteiger partial charge in [-0.15, -0.1) is 0 Å². The Hall–Kier alpha value is -3.30. The fraction of sp³-hybridized carbons (Fsp3) is 0.286. The smallest absolute Gasteiger partial charge is 0.180 e. The Morgan fingerprint density at radius 2 is 1.62 bits per heavy atom. The second-order valence-electron chi connectivity index (χ2n) is 10.1. The molecule has 2 aromatic carbocycles. The summed E-state index contributed by atoms with van der Waals surface area (Å²) in [5.74, 6) is -1.33. The molecular weight excluding hydrogens is 492 g/mol. The number of carbonyl (C=O) groups excluding carboxylic acids is 3. The van der Waals surface area contributed by atoms with Gasteiger partial charge in [-0.1, -0.05) is 79.2 Å². The van der Waals surface area contributed by atoms with Crippen molar-refractivity contribution in [2.45, 2.75) is 38.8 Å². The molecule has 5 rings (SSSR count). The van der Waals surface area contributed by atoms with E-state index in [2.05, 4.69) is 22.0 Å². The van der Waals surface area contributed by atoms with Gasteiger partial charge in [0, 0.05) is 33.1 Å². The van der Waals surface area contributed by atoms with Crippen LogP contribution in [0, 0.1) is 22.2 Å². The van der Waals surface area contributed by atoms with Crippen LogP contribution in [0.15, 0.2) is 76.9 Å². The molecule has 0 bridgehead atoms. The molecule has 2 aromatic rings. The predicted octanol–water partition coefficient (Wildman–Crippen LogP) is 5.24. The van der Waals surface area contributed by atoms with Crippen LogP contribution in [0.5, 0.6) is 0 Å². The molecule has 0 amide bonds. The van der Waals surface area contributed by atoms with Crippen molar-refractivity contribution in [1.82, 2.24) is 4.90 Å². The Kier molecular flexibility index (Phi) is 5.03. The number of hydrogen-bond donors (Lipinski definition) is 0. The van der Waals surface area contributed by atoms with Gasteiger partial charge in [0.15, 0.2) is 17.3 Å². The molecule has 0 N–H and O–H groups in total. The van der Waals surface area contributed by atoms with E-state index in [4.69, 9.17) is 0 Å². The van der Waals surface area contributed by atoms with E-state index >= 15 is 0 Å². The van der Waals surface area contributed by atoms with Crippen molar-refractivity contribution in [3.63, 3.8) is 0 Å². The van der Waals surface area contributed by atoms with Crippen LogP contribution < -0.4 is 0 Å². The molecule has 5 nitrogen and oxygen atoms in total. The summed E-state index contributed by atoms with van der Waals surface area (Å²) in [6.07, 6.45) is 5.04. The quantitative estimate of drug-likeness (QED) is 0.511. The third-order valence-corrected chi connectivity index (χ3v) is 7.72. The van der Waals surface area contributed by atoms with Crippen molar-refractivity contribution in [3.8, 4) is 6.07 Å². The van der Waals surface area contributed by atoms with Crippen molar-refractivity contribution in [1.29, 1.82) is 5.26 Å². The number of nitriles is 1. The van der Waals surface area contributed by atoms with E-state index in [1.54, 1.807) is 47.5 Å². The summed E-state index contributed by atoms with van der Waals surface area (Å²) in [5.41, 5.74) is -0.325. The minimum atomic E-state index is -1.50. The van der Waals surface area contributed by atoms with Crippen molar-refractivity contribution >= 4 is 33.3 Å². The van der Waals surface area contributed by atoms with Crippen molar-refractivity contribution in [2.75, 3.05) is 0 Å². The van der Waals surface area contributed by atoms with E-state index < -0.39 is 28.8 Å². The molecule has 1 fully saturated rings. The standard InChI is InChI=1S/C28H23BrN2O3/c1-27(2,3)26(34)23-22(17-9-11-18(29)12-10-17)28(21-13-8-16(14-30)15-31(21)23)24(32)19-6-4-5-7-20(19)25(28)33/h4-13,15,21-23H,1-3H3/t21-,22+,23-/m1/s1. The summed E-state index contributed by atoms with van der Waals surface area (Å²) in [7, 11) is 0. The van der Waals surface area contributed by atoms with Crippen LogP contribution in [0.2, 0.25) is 0 Å². The Morgan fingerprint density at radius 3 is 2.15 bits per heavy atom. The van der Waals surface area contributed by atoms with Crippen molar-refractivity contribution in [2.24, 2.45) is 10.8 Å². The molecule has 1 aliphatic carbocycles.